The molecule has 1 N–H and O–H groups in total. The van der Waals surface area contributed by atoms with E-state index >= 15 is 0 Å². The zero-order chi connectivity index (χ0) is 15.4. The van der Waals surface area contributed by atoms with Gasteiger partial charge in [-0.25, -0.2) is 4.98 Å². The van der Waals surface area contributed by atoms with Crippen LogP contribution in [0.1, 0.15) is 23.7 Å². The number of carbonyl (C=O) groups excluding carboxylic acids is 1. The summed E-state index contributed by atoms with van der Waals surface area (Å²) in [7, 11) is 0. The number of rotatable bonds is 6. The lowest BCUT2D eigenvalue weighted by atomic mass is 10.2. The molecule has 5 nitrogen and oxygen atoms in total. The van der Waals surface area contributed by atoms with Gasteiger partial charge in [-0.1, -0.05) is 12.1 Å². The molecule has 0 radical (unpaired) electrons. The monoisotopic (exact) mass is 316 g/mol. The molecule has 1 atom stereocenters. The molecule has 3 rings (SSSR count). The molecule has 114 valence electrons. The number of para-hydroxylation sites is 1. The minimum atomic E-state index is -0.176. The summed E-state index contributed by atoms with van der Waals surface area (Å²) >= 11 is 1.58. The van der Waals surface area contributed by atoms with Crippen molar-refractivity contribution in [3.05, 3.63) is 53.4 Å². The summed E-state index contributed by atoms with van der Waals surface area (Å²) in [5.41, 5.74) is 0.960. The Morgan fingerprint density at radius 1 is 1.36 bits per heavy atom. The van der Waals surface area contributed by atoms with Gasteiger partial charge in [-0.05, 0) is 31.2 Å². The minimum Gasteiger partial charge on any atom is -0.467 e. The predicted octanol–water partition coefficient (Wildman–Crippen LogP) is 3.28. The number of carbonyl (C=O) groups is 1. The molecule has 0 bridgehead atoms. The van der Waals surface area contributed by atoms with Crippen LogP contribution >= 0.6 is 11.3 Å². The van der Waals surface area contributed by atoms with Crippen LogP contribution in [0.5, 0.6) is 0 Å². The molecule has 0 aliphatic rings. The van der Waals surface area contributed by atoms with Crippen molar-refractivity contribution in [2.24, 2.45) is 0 Å². The molecule has 0 aliphatic carbocycles. The van der Waals surface area contributed by atoms with E-state index in [1.807, 2.05) is 37.3 Å². The fourth-order valence-electron chi connectivity index (χ4n) is 2.10. The average Bonchev–Trinajstić information content (AvgIpc) is 3.16. The Balaban J connectivity index is 1.47. The van der Waals surface area contributed by atoms with Gasteiger partial charge in [0.25, 0.3) is 0 Å². The number of ether oxygens (including phenoxy) is 1. The number of aromatic nitrogens is 1. The highest BCUT2D eigenvalue weighted by molar-refractivity contribution is 7.18. The highest BCUT2D eigenvalue weighted by Gasteiger charge is 2.12. The van der Waals surface area contributed by atoms with Crippen LogP contribution in [0, 0.1) is 0 Å². The van der Waals surface area contributed by atoms with Crippen LogP contribution in [0.2, 0.25) is 0 Å². The largest absolute Gasteiger partial charge is 0.467 e. The molecule has 0 spiro atoms. The Labute approximate surface area is 131 Å². The van der Waals surface area contributed by atoms with Crippen LogP contribution in [0.4, 0.5) is 0 Å². The van der Waals surface area contributed by atoms with E-state index < -0.39 is 0 Å². The van der Waals surface area contributed by atoms with Gasteiger partial charge in [0.2, 0.25) is 5.91 Å². The van der Waals surface area contributed by atoms with Gasteiger partial charge in [-0.2, -0.15) is 0 Å². The fourth-order valence-corrected chi connectivity index (χ4v) is 3.01. The van der Waals surface area contributed by atoms with E-state index in [2.05, 4.69) is 10.3 Å². The Kier molecular flexibility index (Phi) is 4.50. The Bertz CT molecular complexity index is 719. The van der Waals surface area contributed by atoms with Crippen LogP contribution in [0.15, 0.2) is 47.1 Å². The molecule has 0 aliphatic heterocycles. The standard InChI is InChI=1S/C16H16N2O3S/c1-11(13-6-4-8-21-13)17-15(19)9-20-10-16-18-12-5-2-3-7-14(12)22-16/h2-8,11H,9-10H2,1H3,(H,17,19). The van der Waals surface area contributed by atoms with Gasteiger partial charge in [-0.15, -0.1) is 11.3 Å². The minimum absolute atomic E-state index is 0.000966. The maximum Gasteiger partial charge on any atom is 0.246 e. The summed E-state index contributed by atoms with van der Waals surface area (Å²) in [6.45, 7) is 2.20. The van der Waals surface area contributed by atoms with Crippen molar-refractivity contribution in [2.75, 3.05) is 6.61 Å². The lowest BCUT2D eigenvalue weighted by Gasteiger charge is -2.11. The summed E-state index contributed by atoms with van der Waals surface area (Å²) in [5.74, 6) is 0.546. The van der Waals surface area contributed by atoms with E-state index in [0.717, 1.165) is 21.0 Å². The second-order valence-electron chi connectivity index (χ2n) is 4.87. The molecule has 3 aromatic rings. The highest BCUT2D eigenvalue weighted by atomic mass is 32.1. The number of benzene rings is 1. The van der Waals surface area contributed by atoms with Crippen LogP contribution < -0.4 is 5.32 Å². The molecule has 0 saturated carbocycles. The van der Waals surface area contributed by atoms with Crippen LogP contribution in [0.25, 0.3) is 10.2 Å². The first-order valence-electron chi connectivity index (χ1n) is 6.97. The van der Waals surface area contributed by atoms with Crippen LogP contribution in [-0.4, -0.2) is 17.5 Å². The molecule has 6 heteroatoms. The van der Waals surface area contributed by atoms with Gasteiger partial charge < -0.3 is 14.5 Å². The smallest absolute Gasteiger partial charge is 0.246 e. The molecular weight excluding hydrogens is 300 g/mol. The second-order valence-corrected chi connectivity index (χ2v) is 5.99. The zero-order valence-electron chi connectivity index (χ0n) is 12.1. The van der Waals surface area contributed by atoms with Crippen molar-refractivity contribution in [1.29, 1.82) is 0 Å². The molecule has 2 aromatic heterocycles. The lowest BCUT2D eigenvalue weighted by Crippen LogP contribution is -2.29. The molecule has 1 amide bonds. The van der Waals surface area contributed by atoms with E-state index in [0.29, 0.717) is 6.61 Å². The average molecular weight is 316 g/mol. The summed E-state index contributed by atoms with van der Waals surface area (Å²) < 4.78 is 11.8. The van der Waals surface area contributed by atoms with Gasteiger partial charge in [0.05, 0.1) is 29.1 Å². The first-order chi connectivity index (χ1) is 10.7. The van der Waals surface area contributed by atoms with Gasteiger partial charge in [0.15, 0.2) is 0 Å². The van der Waals surface area contributed by atoms with Crippen molar-refractivity contribution < 1.29 is 13.9 Å². The summed E-state index contributed by atoms with van der Waals surface area (Å²) in [6, 6.07) is 11.4. The third-order valence-corrected chi connectivity index (χ3v) is 4.15. The topological polar surface area (TPSA) is 64.4 Å². The van der Waals surface area contributed by atoms with Gasteiger partial charge in [-0.3, -0.25) is 4.79 Å². The predicted molar refractivity (Wildman–Crippen MR) is 84.5 cm³/mol. The lowest BCUT2D eigenvalue weighted by molar-refractivity contribution is -0.126. The van der Waals surface area contributed by atoms with Crippen molar-refractivity contribution in [3.8, 4) is 0 Å². The van der Waals surface area contributed by atoms with E-state index in [4.69, 9.17) is 9.15 Å². The van der Waals surface area contributed by atoms with Gasteiger partial charge in [0.1, 0.15) is 17.4 Å². The number of fused-ring (bicyclic) bond motifs is 1. The highest BCUT2D eigenvalue weighted by Crippen LogP contribution is 2.21. The number of hydrogen-bond donors (Lipinski definition) is 1. The third-order valence-electron chi connectivity index (χ3n) is 3.14. The number of hydrogen-bond acceptors (Lipinski definition) is 5. The molecule has 1 aromatic carbocycles. The second kappa shape index (κ2) is 6.72. The number of furan rings is 1. The quantitative estimate of drug-likeness (QED) is 0.758. The van der Waals surface area contributed by atoms with Gasteiger partial charge in [0, 0.05) is 0 Å². The first kappa shape index (κ1) is 14.7. The Morgan fingerprint density at radius 3 is 3.00 bits per heavy atom. The molecule has 2 heterocycles. The zero-order valence-corrected chi connectivity index (χ0v) is 12.9. The third kappa shape index (κ3) is 3.52. The van der Waals surface area contributed by atoms with E-state index in [1.165, 1.54) is 0 Å². The van der Waals surface area contributed by atoms with Gasteiger partial charge >= 0.3 is 0 Å². The molecular formula is C16H16N2O3S. The number of nitrogens with one attached hydrogen (secondary N) is 1. The number of nitrogens with zero attached hydrogens (tertiary/aromatic N) is 1. The fraction of sp³-hybridized carbons (Fsp3) is 0.250. The van der Waals surface area contributed by atoms with Crippen molar-refractivity contribution in [1.82, 2.24) is 10.3 Å². The van der Waals surface area contributed by atoms with E-state index in [-0.39, 0.29) is 18.6 Å². The molecule has 1 unspecified atom stereocenters. The SMILES string of the molecule is CC(NC(=O)COCc1nc2ccccc2s1)c1ccco1. The van der Waals surface area contributed by atoms with E-state index in [1.54, 1.807) is 23.7 Å². The Morgan fingerprint density at radius 2 is 2.23 bits per heavy atom. The molecule has 0 fully saturated rings. The van der Waals surface area contributed by atoms with Crippen molar-refractivity contribution in [2.45, 2.75) is 19.6 Å². The summed E-state index contributed by atoms with van der Waals surface area (Å²) in [6.07, 6.45) is 1.58. The van der Waals surface area contributed by atoms with Crippen molar-refractivity contribution >= 4 is 27.5 Å². The normalized spacial score (nSPS) is 12.4. The number of thiazole rings is 1. The van der Waals surface area contributed by atoms with Crippen molar-refractivity contribution in [3.63, 3.8) is 0 Å². The molecule has 0 saturated heterocycles. The molecule has 22 heavy (non-hydrogen) atoms. The summed E-state index contributed by atoms with van der Waals surface area (Å²) in [5, 5.41) is 3.69. The maximum atomic E-state index is 11.8. The number of amides is 1. The van der Waals surface area contributed by atoms with E-state index in [9.17, 15) is 4.79 Å². The Hall–Kier alpha value is -2.18. The first-order valence-corrected chi connectivity index (χ1v) is 7.79. The maximum absolute atomic E-state index is 11.8. The van der Waals surface area contributed by atoms with Crippen LogP contribution in [-0.2, 0) is 16.1 Å². The van der Waals surface area contributed by atoms with Crippen LogP contribution in [0.3, 0.4) is 0 Å². The summed E-state index contributed by atoms with van der Waals surface area (Å²) in [4.78, 5) is 16.3.